The van der Waals surface area contributed by atoms with Crippen molar-refractivity contribution in [3.05, 3.63) is 52.6 Å². The Morgan fingerprint density at radius 3 is 2.55 bits per heavy atom. The maximum absolute atomic E-state index is 12.9. The summed E-state index contributed by atoms with van der Waals surface area (Å²) in [6.07, 6.45) is -3.43. The van der Waals surface area contributed by atoms with Gasteiger partial charge in [0, 0.05) is 36.7 Å². The molecular formula is C17H18BrF3N4O3S. The summed E-state index contributed by atoms with van der Waals surface area (Å²) in [4.78, 5) is 15.5. The van der Waals surface area contributed by atoms with Crippen LogP contribution >= 0.6 is 15.9 Å². The van der Waals surface area contributed by atoms with Gasteiger partial charge < -0.3 is 10.6 Å². The maximum atomic E-state index is 12.9. The monoisotopic (exact) mass is 494 g/mol. The average Bonchev–Trinajstić information content (AvgIpc) is 2.64. The molecule has 12 heteroatoms. The predicted molar refractivity (Wildman–Crippen MR) is 105 cm³/mol. The smallest absolute Gasteiger partial charge is 0.368 e. The van der Waals surface area contributed by atoms with Crippen LogP contribution in [0.5, 0.6) is 0 Å². The maximum Gasteiger partial charge on any atom is 0.419 e. The Morgan fingerprint density at radius 1 is 1.10 bits per heavy atom. The Hall–Kier alpha value is -2.18. The van der Waals surface area contributed by atoms with E-state index in [0.717, 1.165) is 6.07 Å². The van der Waals surface area contributed by atoms with Crippen molar-refractivity contribution in [3.8, 4) is 0 Å². The number of pyridine rings is 1. The number of hydrogen-bond donors (Lipinski definition) is 3. The molecule has 0 aliphatic rings. The minimum absolute atomic E-state index is 0.0234. The quantitative estimate of drug-likeness (QED) is 0.465. The molecule has 0 radical (unpaired) electrons. The highest BCUT2D eigenvalue weighted by Crippen LogP contribution is 2.33. The number of nitrogens with one attached hydrogen (secondary N) is 3. The third-order valence-electron chi connectivity index (χ3n) is 3.60. The molecular weight excluding hydrogens is 477 g/mol. The number of anilines is 1. The molecule has 0 saturated carbocycles. The molecule has 158 valence electrons. The topological polar surface area (TPSA) is 100 Å². The van der Waals surface area contributed by atoms with E-state index in [9.17, 15) is 26.4 Å². The SMILES string of the molecule is O=C(CCNS(=O)(=O)c1cccc(Br)c1)NCCNc1ncccc1C(F)(F)F. The van der Waals surface area contributed by atoms with Gasteiger partial charge in [0.15, 0.2) is 0 Å². The van der Waals surface area contributed by atoms with Crippen molar-refractivity contribution in [2.75, 3.05) is 25.0 Å². The number of alkyl halides is 3. The van der Waals surface area contributed by atoms with E-state index >= 15 is 0 Å². The van der Waals surface area contributed by atoms with Crippen LogP contribution in [0, 0.1) is 0 Å². The molecule has 0 atom stereocenters. The van der Waals surface area contributed by atoms with Crippen molar-refractivity contribution < 1.29 is 26.4 Å². The zero-order chi connectivity index (χ0) is 21.5. The zero-order valence-electron chi connectivity index (χ0n) is 15.0. The first kappa shape index (κ1) is 23.1. The van der Waals surface area contributed by atoms with Crippen molar-refractivity contribution >= 4 is 37.7 Å². The van der Waals surface area contributed by atoms with Crippen LogP contribution in [0.1, 0.15) is 12.0 Å². The van der Waals surface area contributed by atoms with Crippen LogP contribution in [-0.2, 0) is 21.0 Å². The normalized spacial score (nSPS) is 11.9. The lowest BCUT2D eigenvalue weighted by molar-refractivity contribution is -0.137. The Bertz CT molecular complexity index is 955. The number of sulfonamides is 1. The lowest BCUT2D eigenvalue weighted by Gasteiger charge is -2.13. The molecule has 0 bridgehead atoms. The van der Waals surface area contributed by atoms with E-state index in [1.165, 1.54) is 24.4 Å². The first-order chi connectivity index (χ1) is 13.6. The summed E-state index contributed by atoms with van der Waals surface area (Å²) in [5, 5.41) is 5.01. The molecule has 0 saturated heterocycles. The first-order valence-corrected chi connectivity index (χ1v) is 10.7. The third kappa shape index (κ3) is 7.29. The summed E-state index contributed by atoms with van der Waals surface area (Å²) in [6.45, 7) is -0.0484. The highest BCUT2D eigenvalue weighted by Gasteiger charge is 2.33. The average molecular weight is 495 g/mol. The van der Waals surface area contributed by atoms with Gasteiger partial charge in [0.05, 0.1) is 10.5 Å². The lowest BCUT2D eigenvalue weighted by atomic mass is 10.2. The number of aromatic nitrogens is 1. The van der Waals surface area contributed by atoms with Gasteiger partial charge in [-0.2, -0.15) is 13.2 Å². The van der Waals surface area contributed by atoms with Crippen molar-refractivity contribution in [2.24, 2.45) is 0 Å². The summed E-state index contributed by atoms with van der Waals surface area (Å²) < 4.78 is 65.7. The van der Waals surface area contributed by atoms with Gasteiger partial charge in [-0.05, 0) is 30.3 Å². The summed E-state index contributed by atoms with van der Waals surface area (Å²) in [5.74, 6) is -0.767. The molecule has 1 heterocycles. The van der Waals surface area contributed by atoms with E-state index in [-0.39, 0.29) is 36.8 Å². The van der Waals surface area contributed by atoms with Crippen LogP contribution in [0.2, 0.25) is 0 Å². The highest BCUT2D eigenvalue weighted by atomic mass is 79.9. The number of nitrogens with zero attached hydrogens (tertiary/aromatic N) is 1. The van der Waals surface area contributed by atoms with Crippen molar-refractivity contribution in [2.45, 2.75) is 17.5 Å². The van der Waals surface area contributed by atoms with Crippen molar-refractivity contribution in [3.63, 3.8) is 0 Å². The number of hydrogen-bond acceptors (Lipinski definition) is 5. The summed E-state index contributed by atoms with van der Waals surface area (Å²) in [6, 6.07) is 8.20. The molecule has 7 nitrogen and oxygen atoms in total. The van der Waals surface area contributed by atoms with E-state index in [1.807, 2.05) is 0 Å². The van der Waals surface area contributed by atoms with Crippen LogP contribution in [-0.4, -0.2) is 38.9 Å². The number of amides is 1. The first-order valence-electron chi connectivity index (χ1n) is 8.37. The fourth-order valence-electron chi connectivity index (χ4n) is 2.26. The molecule has 1 aromatic heterocycles. The minimum atomic E-state index is -4.54. The van der Waals surface area contributed by atoms with Gasteiger partial charge in [-0.1, -0.05) is 22.0 Å². The fraction of sp³-hybridized carbons (Fsp3) is 0.294. The van der Waals surface area contributed by atoms with Gasteiger partial charge in [0.25, 0.3) is 0 Å². The van der Waals surface area contributed by atoms with Crippen LogP contribution < -0.4 is 15.4 Å². The molecule has 0 unspecified atom stereocenters. The predicted octanol–water partition coefficient (Wildman–Crippen LogP) is 2.76. The van der Waals surface area contributed by atoms with Gasteiger partial charge in [0.1, 0.15) is 5.82 Å². The van der Waals surface area contributed by atoms with Crippen molar-refractivity contribution in [1.82, 2.24) is 15.0 Å². The van der Waals surface area contributed by atoms with Crippen LogP contribution in [0.15, 0.2) is 52.0 Å². The second-order valence-electron chi connectivity index (χ2n) is 5.78. The number of halogens is 4. The van der Waals surface area contributed by atoms with E-state index in [2.05, 4.69) is 36.3 Å². The van der Waals surface area contributed by atoms with E-state index in [1.54, 1.807) is 12.1 Å². The summed E-state index contributed by atoms with van der Waals surface area (Å²) in [7, 11) is -3.75. The van der Waals surface area contributed by atoms with Crippen LogP contribution in [0.25, 0.3) is 0 Å². The van der Waals surface area contributed by atoms with Gasteiger partial charge in [-0.25, -0.2) is 18.1 Å². The Morgan fingerprint density at radius 2 is 1.86 bits per heavy atom. The number of benzene rings is 1. The Labute approximate surface area is 174 Å². The molecule has 0 spiro atoms. The third-order valence-corrected chi connectivity index (χ3v) is 5.56. The van der Waals surface area contributed by atoms with Gasteiger partial charge in [-0.3, -0.25) is 4.79 Å². The van der Waals surface area contributed by atoms with E-state index < -0.39 is 27.7 Å². The number of carbonyl (C=O) groups is 1. The standard InChI is InChI=1S/C17H18BrF3N4O3S/c18-12-3-1-4-13(11-12)29(27,28)25-8-6-15(26)22-9-10-24-16-14(17(19,20)21)5-2-7-23-16/h1-5,7,11,25H,6,8-10H2,(H,22,26)(H,23,24). The molecule has 0 aliphatic heterocycles. The lowest BCUT2D eigenvalue weighted by Crippen LogP contribution is -2.33. The zero-order valence-corrected chi connectivity index (χ0v) is 17.4. The summed E-state index contributed by atoms with van der Waals surface area (Å²) in [5.41, 5.74) is -0.895. The molecule has 2 aromatic rings. The Balaban J connectivity index is 1.73. The second kappa shape index (κ2) is 10.0. The van der Waals surface area contributed by atoms with Gasteiger partial charge in [0.2, 0.25) is 15.9 Å². The molecule has 1 aromatic carbocycles. The summed E-state index contributed by atoms with van der Waals surface area (Å²) >= 11 is 3.18. The largest absolute Gasteiger partial charge is 0.419 e. The molecule has 29 heavy (non-hydrogen) atoms. The van der Waals surface area contributed by atoms with Crippen molar-refractivity contribution in [1.29, 1.82) is 0 Å². The molecule has 0 aliphatic carbocycles. The molecule has 2 rings (SSSR count). The van der Waals surface area contributed by atoms with E-state index in [0.29, 0.717) is 4.47 Å². The molecule has 0 fully saturated rings. The van der Waals surface area contributed by atoms with Crippen LogP contribution in [0.4, 0.5) is 19.0 Å². The number of carbonyl (C=O) groups excluding carboxylic acids is 1. The highest BCUT2D eigenvalue weighted by molar-refractivity contribution is 9.10. The van der Waals surface area contributed by atoms with Crippen LogP contribution in [0.3, 0.4) is 0 Å². The van der Waals surface area contributed by atoms with E-state index in [4.69, 9.17) is 0 Å². The molecule has 3 N–H and O–H groups in total. The molecule has 1 amide bonds. The Kier molecular flexibility index (Phi) is 7.99. The van der Waals surface area contributed by atoms with Gasteiger partial charge >= 0.3 is 6.18 Å². The fourth-order valence-corrected chi connectivity index (χ4v) is 3.89. The minimum Gasteiger partial charge on any atom is -0.368 e. The van der Waals surface area contributed by atoms with Gasteiger partial charge in [-0.15, -0.1) is 0 Å². The number of rotatable bonds is 9. The second-order valence-corrected chi connectivity index (χ2v) is 8.46.